The van der Waals surface area contributed by atoms with Crippen LogP contribution in [0.1, 0.15) is 165 Å². The van der Waals surface area contributed by atoms with Crippen LogP contribution in [0.3, 0.4) is 0 Å². The van der Waals surface area contributed by atoms with E-state index in [-0.39, 0.29) is 5.54 Å². The SMILES string of the molecule is CC(C)(C)N.CC(C)N.CC(C)N(C)C(C)C.CCCCO.CCN(C)C(C)C.CCN(C)CC.CCN(CC)CC.CCNCC.CNC(C)C. The molecule has 0 bridgehead atoms. The molecule has 0 saturated heterocycles. The van der Waals surface area contributed by atoms with Gasteiger partial charge in [0.25, 0.3) is 0 Å². The standard InChI is InChI=1S/C7H17N.2C6H15N.C5H13N.3C4H11N.C4H10O.C3H9N/c1-6(2)8(5)7(3)4;1-5-7(4)6(2)3;1-4-7(5-2)6-3;1-4-6(3)5-2;1-4(2)5-3;1-4(2,3)5;1-3-5-4-2;1-2-3-4-5;1-3(2)4/h6-7H,1-5H3;6H,5H2,1-4H3;4-6H2,1-3H3;4-5H2,1-3H3;4-5H,1-3H3;5H2,1-3H3;5H,3-4H2,1-2H3;5H,2-4H2,1H3;3H,4H2,1-2H3. The van der Waals surface area contributed by atoms with Crippen LogP contribution in [-0.4, -0.2) is 148 Å². The fourth-order valence-electron chi connectivity index (χ4n) is 2.26. The largest absolute Gasteiger partial charge is 0.396 e. The molecule has 52 heavy (non-hydrogen) atoms. The van der Waals surface area contributed by atoms with Crippen molar-refractivity contribution < 1.29 is 5.11 Å². The normalized spacial score (nSPS) is 10.3. The maximum absolute atomic E-state index is 8.07. The molecule has 0 heterocycles. The average Bonchev–Trinajstić information content (AvgIpc) is 3.05. The molecule has 330 valence electrons. The molecular weight excluding hydrogens is 645 g/mol. The fraction of sp³-hybridized carbons (Fsp3) is 1.00. The first-order chi connectivity index (χ1) is 23.7. The molecule has 0 saturated carbocycles. The summed E-state index contributed by atoms with van der Waals surface area (Å²) in [5.41, 5.74) is 10.5. The van der Waals surface area contributed by atoms with E-state index in [1.165, 1.54) is 19.6 Å². The molecule has 0 aromatic carbocycles. The van der Waals surface area contributed by atoms with Crippen molar-refractivity contribution in [2.75, 3.05) is 87.2 Å². The van der Waals surface area contributed by atoms with Gasteiger partial charge >= 0.3 is 0 Å². The van der Waals surface area contributed by atoms with Crippen molar-refractivity contribution in [2.24, 2.45) is 11.5 Å². The highest BCUT2D eigenvalue weighted by atomic mass is 16.2. The third-order valence-corrected chi connectivity index (χ3v) is 7.02. The van der Waals surface area contributed by atoms with Gasteiger partial charge in [-0.2, -0.15) is 0 Å². The van der Waals surface area contributed by atoms with Crippen molar-refractivity contribution in [3.05, 3.63) is 0 Å². The van der Waals surface area contributed by atoms with E-state index in [0.29, 0.717) is 36.8 Å². The molecule has 0 aromatic rings. The molecule has 0 amide bonds. The van der Waals surface area contributed by atoms with E-state index in [1.807, 2.05) is 41.7 Å². The first-order valence-corrected chi connectivity index (χ1v) is 21.1. The lowest BCUT2D eigenvalue weighted by Crippen LogP contribution is -2.32. The number of unbranched alkanes of at least 4 members (excludes halogenated alkanes) is 1. The average molecular weight is 757 g/mol. The van der Waals surface area contributed by atoms with Crippen molar-refractivity contribution in [1.29, 1.82) is 0 Å². The highest BCUT2D eigenvalue weighted by Gasteiger charge is 2.05. The third kappa shape index (κ3) is 134. The summed E-state index contributed by atoms with van der Waals surface area (Å²) >= 11 is 0. The summed E-state index contributed by atoms with van der Waals surface area (Å²) in [6.07, 6.45) is 2.04. The summed E-state index contributed by atoms with van der Waals surface area (Å²) in [5, 5.41) is 14.2. The minimum absolute atomic E-state index is 0. The Morgan fingerprint density at radius 3 is 0.885 bits per heavy atom. The van der Waals surface area contributed by atoms with E-state index in [1.54, 1.807) is 0 Å². The Kier molecular flexibility index (Phi) is 83.9. The fourth-order valence-corrected chi connectivity index (χ4v) is 2.26. The summed E-state index contributed by atoms with van der Waals surface area (Å²) in [6, 6.07) is 3.02. The lowest BCUT2D eigenvalue weighted by atomic mass is 10.1. The van der Waals surface area contributed by atoms with Gasteiger partial charge in [0.05, 0.1) is 0 Å². The van der Waals surface area contributed by atoms with E-state index < -0.39 is 0 Å². The first kappa shape index (κ1) is 72.8. The maximum Gasteiger partial charge on any atom is 0.0430 e. The Morgan fingerprint density at radius 1 is 0.596 bits per heavy atom. The molecule has 9 nitrogen and oxygen atoms in total. The summed E-state index contributed by atoms with van der Waals surface area (Å²) < 4.78 is 0. The first-order valence-electron chi connectivity index (χ1n) is 21.1. The Bertz CT molecular complexity index is 484. The minimum atomic E-state index is 0. The molecule has 0 spiro atoms. The Balaban J connectivity index is -0.0000000576. The van der Waals surface area contributed by atoms with Crippen molar-refractivity contribution in [3.63, 3.8) is 0 Å². The van der Waals surface area contributed by atoms with Gasteiger partial charge in [-0.05, 0) is 155 Å². The van der Waals surface area contributed by atoms with Crippen molar-refractivity contribution in [1.82, 2.24) is 30.2 Å². The van der Waals surface area contributed by atoms with Gasteiger partial charge in [-0.15, -0.1) is 0 Å². The van der Waals surface area contributed by atoms with Gasteiger partial charge in [-0.3, -0.25) is 0 Å². The van der Waals surface area contributed by atoms with Crippen LogP contribution in [0.25, 0.3) is 0 Å². The zero-order chi connectivity index (χ0) is 43.9. The van der Waals surface area contributed by atoms with Crippen LogP contribution in [0, 0.1) is 0 Å². The smallest absolute Gasteiger partial charge is 0.0430 e. The van der Waals surface area contributed by atoms with E-state index in [2.05, 4.69) is 169 Å². The second kappa shape index (κ2) is 59.9. The molecular formula is C43H112N8O. The van der Waals surface area contributed by atoms with E-state index in [9.17, 15) is 0 Å². The Hall–Kier alpha value is -0.360. The lowest BCUT2D eigenvalue weighted by molar-refractivity contribution is 0.222. The molecule has 0 aromatic heterocycles. The van der Waals surface area contributed by atoms with Crippen LogP contribution < -0.4 is 22.1 Å². The van der Waals surface area contributed by atoms with E-state index in [4.69, 9.17) is 16.6 Å². The van der Waals surface area contributed by atoms with Gasteiger partial charge < -0.3 is 46.8 Å². The number of nitrogens with zero attached hydrogens (tertiary/aromatic N) is 4. The predicted molar refractivity (Wildman–Crippen MR) is 247 cm³/mol. The number of nitrogens with two attached hydrogens (primary N) is 2. The van der Waals surface area contributed by atoms with Gasteiger partial charge in [0, 0.05) is 36.3 Å². The molecule has 0 atom stereocenters. The topological polar surface area (TPSA) is 109 Å². The monoisotopic (exact) mass is 757 g/mol. The highest BCUT2D eigenvalue weighted by Crippen LogP contribution is 1.98. The second-order valence-corrected chi connectivity index (χ2v) is 15.2. The number of aliphatic hydroxyl groups excluding tert-OH is 1. The molecule has 0 radical (unpaired) electrons. The van der Waals surface area contributed by atoms with Crippen LogP contribution >= 0.6 is 0 Å². The summed E-state index contributed by atoms with van der Waals surface area (Å²) in [7, 11) is 8.34. The van der Waals surface area contributed by atoms with Gasteiger partial charge in [0.2, 0.25) is 0 Å². The van der Waals surface area contributed by atoms with Crippen LogP contribution in [0.15, 0.2) is 0 Å². The number of rotatable bonds is 14. The number of aliphatic hydroxyl groups is 1. The summed E-state index contributed by atoms with van der Waals surface area (Å²) in [6.45, 7) is 56.1. The van der Waals surface area contributed by atoms with Crippen molar-refractivity contribution in [2.45, 2.75) is 201 Å². The third-order valence-electron chi connectivity index (χ3n) is 7.02. The maximum atomic E-state index is 8.07. The van der Waals surface area contributed by atoms with Gasteiger partial charge in [0.1, 0.15) is 0 Å². The van der Waals surface area contributed by atoms with Crippen LogP contribution in [0.5, 0.6) is 0 Å². The number of hydrogen-bond donors (Lipinski definition) is 5. The minimum Gasteiger partial charge on any atom is -0.396 e. The van der Waals surface area contributed by atoms with Gasteiger partial charge in [0.15, 0.2) is 0 Å². The van der Waals surface area contributed by atoms with Crippen LogP contribution in [0.2, 0.25) is 0 Å². The van der Waals surface area contributed by atoms with E-state index >= 15 is 0 Å². The zero-order valence-corrected chi connectivity index (χ0v) is 41.6. The Morgan fingerprint density at radius 2 is 0.885 bits per heavy atom. The molecule has 9 heteroatoms. The lowest BCUT2D eigenvalue weighted by Gasteiger charge is -2.24. The zero-order valence-electron chi connectivity index (χ0n) is 41.6. The molecule has 0 aliphatic rings. The summed E-state index contributed by atoms with van der Waals surface area (Å²) in [4.78, 5) is 9.25. The molecule has 7 N–H and O–H groups in total. The number of hydrogen-bond acceptors (Lipinski definition) is 9. The van der Waals surface area contributed by atoms with Crippen molar-refractivity contribution >= 4 is 0 Å². The second-order valence-electron chi connectivity index (χ2n) is 15.2. The van der Waals surface area contributed by atoms with Gasteiger partial charge in [-0.25, -0.2) is 0 Å². The van der Waals surface area contributed by atoms with Crippen molar-refractivity contribution in [3.8, 4) is 0 Å². The molecule has 0 aliphatic heterocycles. The molecule has 0 fully saturated rings. The van der Waals surface area contributed by atoms with Crippen LogP contribution in [-0.2, 0) is 0 Å². The Labute approximate surface area is 334 Å². The summed E-state index contributed by atoms with van der Waals surface area (Å²) in [5.74, 6) is 0. The number of nitrogens with one attached hydrogen (secondary N) is 2. The highest BCUT2D eigenvalue weighted by molar-refractivity contribution is 4.60. The molecule has 0 unspecified atom stereocenters. The molecule has 0 rings (SSSR count). The predicted octanol–water partition coefficient (Wildman–Crippen LogP) is 8.49. The van der Waals surface area contributed by atoms with E-state index in [0.717, 1.165) is 45.6 Å². The van der Waals surface area contributed by atoms with Crippen LogP contribution in [0.4, 0.5) is 0 Å². The quantitative estimate of drug-likeness (QED) is 0.119. The van der Waals surface area contributed by atoms with Gasteiger partial charge in [-0.1, -0.05) is 96.4 Å². The molecule has 0 aliphatic carbocycles.